The zero-order valence-electron chi connectivity index (χ0n) is 10.5. The number of aryl methyl sites for hydroxylation is 1. The molecule has 2 atom stereocenters. The van der Waals surface area contributed by atoms with Crippen LogP contribution in [0.15, 0.2) is 24.3 Å². The number of nitrogens with one attached hydrogen (secondary N) is 1. The number of rotatable bonds is 3. The highest BCUT2D eigenvalue weighted by atomic mass is 15.2. The van der Waals surface area contributed by atoms with E-state index >= 15 is 0 Å². The van der Waals surface area contributed by atoms with Crippen molar-refractivity contribution in [3.8, 4) is 0 Å². The predicted octanol–water partition coefficient (Wildman–Crippen LogP) is 2.35. The average Bonchev–Trinajstić information content (AvgIpc) is 2.81. The van der Waals surface area contributed by atoms with Gasteiger partial charge in [-0.3, -0.25) is 4.90 Å². The summed E-state index contributed by atoms with van der Waals surface area (Å²) in [6, 6.07) is 10.1. The standard InChI is InChI=1S/C14H22N2/c1-11-4-6-13(7-5-11)12(2)16(3)14-8-9-15-10-14/h4-7,12,14-15H,8-10H2,1-3H3. The van der Waals surface area contributed by atoms with Crippen LogP contribution in [0.3, 0.4) is 0 Å². The molecule has 88 valence electrons. The lowest BCUT2D eigenvalue weighted by Crippen LogP contribution is -2.35. The molecule has 0 spiro atoms. The van der Waals surface area contributed by atoms with E-state index in [-0.39, 0.29) is 0 Å². The summed E-state index contributed by atoms with van der Waals surface area (Å²) in [5.41, 5.74) is 2.75. The van der Waals surface area contributed by atoms with Crippen LogP contribution < -0.4 is 5.32 Å². The van der Waals surface area contributed by atoms with Crippen LogP contribution in [0.5, 0.6) is 0 Å². The Hall–Kier alpha value is -0.860. The molecule has 1 heterocycles. The Balaban J connectivity index is 2.05. The molecule has 0 bridgehead atoms. The second-order valence-electron chi connectivity index (χ2n) is 4.90. The Labute approximate surface area is 98.7 Å². The highest BCUT2D eigenvalue weighted by Crippen LogP contribution is 2.23. The van der Waals surface area contributed by atoms with Crippen molar-refractivity contribution in [3.63, 3.8) is 0 Å². The quantitative estimate of drug-likeness (QED) is 0.838. The fraction of sp³-hybridized carbons (Fsp3) is 0.571. The smallest absolute Gasteiger partial charge is 0.0320 e. The topological polar surface area (TPSA) is 15.3 Å². The van der Waals surface area contributed by atoms with Crippen LogP contribution in [0.2, 0.25) is 0 Å². The fourth-order valence-corrected chi connectivity index (χ4v) is 2.38. The van der Waals surface area contributed by atoms with Crippen molar-refractivity contribution in [3.05, 3.63) is 35.4 Å². The van der Waals surface area contributed by atoms with Crippen LogP contribution in [-0.4, -0.2) is 31.1 Å². The first-order valence-electron chi connectivity index (χ1n) is 6.17. The molecule has 1 aliphatic rings. The summed E-state index contributed by atoms with van der Waals surface area (Å²) in [7, 11) is 2.24. The van der Waals surface area contributed by atoms with Crippen molar-refractivity contribution in [2.45, 2.75) is 32.4 Å². The SMILES string of the molecule is Cc1ccc(C(C)N(C)C2CCNC2)cc1. The van der Waals surface area contributed by atoms with Gasteiger partial charge in [0.1, 0.15) is 0 Å². The van der Waals surface area contributed by atoms with Gasteiger partial charge in [0.25, 0.3) is 0 Å². The highest BCUT2D eigenvalue weighted by molar-refractivity contribution is 5.23. The molecule has 2 unspecified atom stereocenters. The highest BCUT2D eigenvalue weighted by Gasteiger charge is 2.23. The molecule has 2 heteroatoms. The van der Waals surface area contributed by atoms with Gasteiger partial charge in [0.05, 0.1) is 0 Å². The first-order chi connectivity index (χ1) is 7.68. The molecule has 1 aromatic rings. The molecule has 1 fully saturated rings. The third-order valence-corrected chi connectivity index (χ3v) is 3.78. The molecule has 0 saturated carbocycles. The normalized spacial score (nSPS) is 22.6. The van der Waals surface area contributed by atoms with Crippen molar-refractivity contribution >= 4 is 0 Å². The molecule has 1 saturated heterocycles. The molecule has 1 N–H and O–H groups in total. The van der Waals surface area contributed by atoms with Crippen molar-refractivity contribution in [2.75, 3.05) is 20.1 Å². The number of hydrogen-bond acceptors (Lipinski definition) is 2. The minimum Gasteiger partial charge on any atom is -0.315 e. The number of nitrogens with zero attached hydrogens (tertiary/aromatic N) is 1. The molecule has 2 rings (SSSR count). The molecule has 0 amide bonds. The molecular weight excluding hydrogens is 196 g/mol. The zero-order valence-corrected chi connectivity index (χ0v) is 10.5. The van der Waals surface area contributed by atoms with Crippen LogP contribution in [0, 0.1) is 6.92 Å². The Bertz CT molecular complexity index is 325. The van der Waals surface area contributed by atoms with E-state index in [0.29, 0.717) is 12.1 Å². The van der Waals surface area contributed by atoms with Crippen LogP contribution in [-0.2, 0) is 0 Å². The molecule has 1 aliphatic heterocycles. The van der Waals surface area contributed by atoms with E-state index < -0.39 is 0 Å². The molecule has 0 radical (unpaired) electrons. The third kappa shape index (κ3) is 2.45. The molecule has 1 aromatic carbocycles. The minimum atomic E-state index is 0.505. The van der Waals surface area contributed by atoms with Gasteiger partial charge in [0.2, 0.25) is 0 Å². The van der Waals surface area contributed by atoms with Gasteiger partial charge in [0.15, 0.2) is 0 Å². The molecule has 0 aliphatic carbocycles. The molecule has 2 nitrogen and oxygen atoms in total. The van der Waals surface area contributed by atoms with Crippen LogP contribution in [0.25, 0.3) is 0 Å². The van der Waals surface area contributed by atoms with Gasteiger partial charge in [-0.1, -0.05) is 29.8 Å². The largest absolute Gasteiger partial charge is 0.315 e. The summed E-state index contributed by atoms with van der Waals surface area (Å²) < 4.78 is 0. The van der Waals surface area contributed by atoms with Crippen LogP contribution >= 0.6 is 0 Å². The van der Waals surface area contributed by atoms with Crippen LogP contribution in [0.1, 0.15) is 30.5 Å². The first-order valence-corrected chi connectivity index (χ1v) is 6.17. The van der Waals surface area contributed by atoms with E-state index in [9.17, 15) is 0 Å². The summed E-state index contributed by atoms with van der Waals surface area (Å²) in [5, 5.41) is 3.43. The summed E-state index contributed by atoms with van der Waals surface area (Å²) in [6.45, 7) is 6.73. The minimum absolute atomic E-state index is 0.505. The van der Waals surface area contributed by atoms with Crippen molar-refractivity contribution in [1.82, 2.24) is 10.2 Å². The Morgan fingerprint density at radius 1 is 1.31 bits per heavy atom. The van der Waals surface area contributed by atoms with Crippen molar-refractivity contribution in [1.29, 1.82) is 0 Å². The van der Waals surface area contributed by atoms with Gasteiger partial charge in [-0.15, -0.1) is 0 Å². The average molecular weight is 218 g/mol. The second kappa shape index (κ2) is 4.98. The number of likely N-dealkylation sites (N-methyl/N-ethyl adjacent to an activating group) is 1. The van der Waals surface area contributed by atoms with E-state index in [1.807, 2.05) is 0 Å². The van der Waals surface area contributed by atoms with Gasteiger partial charge in [-0.05, 0) is 39.4 Å². The fourth-order valence-electron chi connectivity index (χ4n) is 2.38. The summed E-state index contributed by atoms with van der Waals surface area (Å²) in [4.78, 5) is 2.49. The van der Waals surface area contributed by atoms with E-state index in [2.05, 4.69) is 55.4 Å². The number of hydrogen-bond donors (Lipinski definition) is 1. The second-order valence-corrected chi connectivity index (χ2v) is 4.90. The maximum atomic E-state index is 3.43. The third-order valence-electron chi connectivity index (χ3n) is 3.78. The maximum Gasteiger partial charge on any atom is 0.0320 e. The Morgan fingerprint density at radius 2 is 2.00 bits per heavy atom. The first kappa shape index (κ1) is 11.6. The van der Waals surface area contributed by atoms with Gasteiger partial charge < -0.3 is 5.32 Å². The van der Waals surface area contributed by atoms with Gasteiger partial charge in [-0.2, -0.15) is 0 Å². The monoisotopic (exact) mass is 218 g/mol. The van der Waals surface area contributed by atoms with Crippen LogP contribution in [0.4, 0.5) is 0 Å². The van der Waals surface area contributed by atoms with Gasteiger partial charge in [-0.25, -0.2) is 0 Å². The summed E-state index contributed by atoms with van der Waals surface area (Å²) >= 11 is 0. The van der Waals surface area contributed by atoms with Gasteiger partial charge >= 0.3 is 0 Å². The lowest BCUT2D eigenvalue weighted by atomic mass is 10.0. The lowest BCUT2D eigenvalue weighted by molar-refractivity contribution is 0.197. The zero-order chi connectivity index (χ0) is 11.5. The maximum absolute atomic E-state index is 3.43. The summed E-state index contributed by atoms with van der Waals surface area (Å²) in [5.74, 6) is 0. The van der Waals surface area contributed by atoms with E-state index in [1.54, 1.807) is 0 Å². The Kier molecular flexibility index (Phi) is 3.62. The molecular formula is C14H22N2. The van der Waals surface area contributed by atoms with E-state index in [0.717, 1.165) is 13.1 Å². The van der Waals surface area contributed by atoms with Gasteiger partial charge in [0, 0.05) is 18.6 Å². The van der Waals surface area contributed by atoms with Crippen molar-refractivity contribution < 1.29 is 0 Å². The summed E-state index contributed by atoms with van der Waals surface area (Å²) in [6.07, 6.45) is 1.27. The lowest BCUT2D eigenvalue weighted by Gasteiger charge is -2.30. The van der Waals surface area contributed by atoms with Crippen molar-refractivity contribution in [2.24, 2.45) is 0 Å². The Morgan fingerprint density at radius 3 is 2.56 bits per heavy atom. The molecule has 16 heavy (non-hydrogen) atoms. The van der Waals surface area contributed by atoms with E-state index in [4.69, 9.17) is 0 Å². The predicted molar refractivity (Wildman–Crippen MR) is 68.6 cm³/mol. The number of benzene rings is 1. The van der Waals surface area contributed by atoms with E-state index in [1.165, 1.54) is 17.5 Å². The molecule has 0 aromatic heterocycles.